The van der Waals surface area contributed by atoms with Crippen LogP contribution in [-0.4, -0.2) is 20.5 Å². The fourth-order valence-electron chi connectivity index (χ4n) is 3.16. The van der Waals surface area contributed by atoms with Gasteiger partial charge in [0.25, 0.3) is 5.56 Å². The van der Waals surface area contributed by atoms with E-state index in [1.807, 2.05) is 61.7 Å². The molecule has 2 N–H and O–H groups in total. The molecule has 4 aromatic rings. The summed E-state index contributed by atoms with van der Waals surface area (Å²) in [5, 5.41) is 7.99. The van der Waals surface area contributed by atoms with Crippen LogP contribution in [0.2, 0.25) is 0 Å². The van der Waals surface area contributed by atoms with Gasteiger partial charge >= 0.3 is 0 Å². The Labute approximate surface area is 165 Å². The van der Waals surface area contributed by atoms with E-state index in [0.29, 0.717) is 17.8 Å². The van der Waals surface area contributed by atoms with Gasteiger partial charge < -0.3 is 5.32 Å². The topological polar surface area (TPSA) is 79.3 Å². The number of thiophene rings is 1. The highest BCUT2D eigenvalue weighted by Gasteiger charge is 2.15. The highest BCUT2D eigenvalue weighted by molar-refractivity contribution is 7.13. The number of benzene rings is 1. The first-order valence-electron chi connectivity index (χ1n) is 9.01. The molecular weight excluding hydrogens is 372 g/mol. The molecule has 142 valence electrons. The summed E-state index contributed by atoms with van der Waals surface area (Å²) in [6.07, 6.45) is 0.292. The Kier molecular flexibility index (Phi) is 4.83. The van der Waals surface area contributed by atoms with Crippen LogP contribution < -0.4 is 10.9 Å². The quantitative estimate of drug-likeness (QED) is 0.546. The van der Waals surface area contributed by atoms with Gasteiger partial charge in [-0.15, -0.1) is 11.3 Å². The number of nitrogens with zero attached hydrogens (tertiary/aromatic N) is 2. The molecule has 0 spiro atoms. The number of nitrogens with one attached hydrogen (secondary N) is 2. The van der Waals surface area contributed by atoms with Crippen molar-refractivity contribution in [1.82, 2.24) is 19.9 Å². The van der Waals surface area contributed by atoms with Gasteiger partial charge in [0.05, 0.1) is 28.7 Å². The van der Waals surface area contributed by atoms with E-state index >= 15 is 0 Å². The lowest BCUT2D eigenvalue weighted by molar-refractivity contribution is -0.121. The lowest BCUT2D eigenvalue weighted by Gasteiger charge is -2.13. The number of aromatic nitrogens is 3. The average molecular weight is 392 g/mol. The summed E-state index contributed by atoms with van der Waals surface area (Å²) in [5.41, 5.74) is 3.78. The van der Waals surface area contributed by atoms with Gasteiger partial charge in [-0.25, -0.2) is 9.50 Å². The van der Waals surface area contributed by atoms with Gasteiger partial charge in [-0.05, 0) is 30.9 Å². The van der Waals surface area contributed by atoms with Crippen LogP contribution >= 0.6 is 11.3 Å². The smallest absolute Gasteiger partial charge is 0.272 e. The largest absolute Gasteiger partial charge is 0.348 e. The predicted molar refractivity (Wildman–Crippen MR) is 111 cm³/mol. The first-order valence-corrected chi connectivity index (χ1v) is 9.89. The van der Waals surface area contributed by atoms with Crippen LogP contribution in [0.4, 0.5) is 0 Å². The SMILES string of the molecule is Cc1cccc(CC(=O)NC(C)c2cc(=O)n3[nH]c(-c4cccs4)cc3n2)c1. The van der Waals surface area contributed by atoms with Gasteiger partial charge in [-0.2, -0.15) is 0 Å². The summed E-state index contributed by atoms with van der Waals surface area (Å²) >= 11 is 1.59. The van der Waals surface area contributed by atoms with Crippen molar-refractivity contribution in [1.29, 1.82) is 0 Å². The minimum atomic E-state index is -0.366. The number of hydrogen-bond donors (Lipinski definition) is 2. The molecule has 3 heterocycles. The lowest BCUT2D eigenvalue weighted by atomic mass is 10.1. The molecule has 0 saturated heterocycles. The molecule has 28 heavy (non-hydrogen) atoms. The van der Waals surface area contributed by atoms with Crippen LogP contribution in [0.25, 0.3) is 16.2 Å². The molecule has 6 nitrogen and oxygen atoms in total. The van der Waals surface area contributed by atoms with E-state index in [-0.39, 0.29) is 17.5 Å². The molecule has 1 atom stereocenters. The second-order valence-electron chi connectivity index (χ2n) is 6.82. The molecule has 0 aliphatic rings. The van der Waals surface area contributed by atoms with E-state index in [0.717, 1.165) is 21.7 Å². The van der Waals surface area contributed by atoms with Gasteiger partial charge in [0, 0.05) is 12.1 Å². The lowest BCUT2D eigenvalue weighted by Crippen LogP contribution is -2.30. The Balaban J connectivity index is 1.54. The summed E-state index contributed by atoms with van der Waals surface area (Å²) < 4.78 is 1.42. The van der Waals surface area contributed by atoms with Crippen molar-refractivity contribution in [2.24, 2.45) is 0 Å². The first-order chi connectivity index (χ1) is 13.5. The molecular formula is C21H20N4O2S. The van der Waals surface area contributed by atoms with Gasteiger partial charge in [0.1, 0.15) is 0 Å². The van der Waals surface area contributed by atoms with Crippen LogP contribution in [0.15, 0.2) is 58.7 Å². The number of rotatable bonds is 5. The number of carbonyl (C=O) groups is 1. The van der Waals surface area contributed by atoms with E-state index in [1.165, 1.54) is 10.6 Å². The van der Waals surface area contributed by atoms with Crippen LogP contribution in [0.5, 0.6) is 0 Å². The molecule has 1 amide bonds. The van der Waals surface area contributed by atoms with Crippen LogP contribution in [-0.2, 0) is 11.2 Å². The van der Waals surface area contributed by atoms with Crippen LogP contribution in [0.3, 0.4) is 0 Å². The second kappa shape index (κ2) is 7.44. The van der Waals surface area contributed by atoms with Crippen LogP contribution in [0.1, 0.15) is 29.8 Å². The summed E-state index contributed by atoms with van der Waals surface area (Å²) in [7, 11) is 0. The Hall–Kier alpha value is -3.19. The van der Waals surface area contributed by atoms with Gasteiger partial charge in [0.15, 0.2) is 5.65 Å². The third-order valence-electron chi connectivity index (χ3n) is 4.53. The molecule has 1 aromatic carbocycles. The van der Waals surface area contributed by atoms with Crippen molar-refractivity contribution >= 4 is 22.9 Å². The zero-order chi connectivity index (χ0) is 19.7. The van der Waals surface area contributed by atoms with Gasteiger partial charge in [-0.3, -0.25) is 14.7 Å². The fourth-order valence-corrected chi connectivity index (χ4v) is 3.86. The highest BCUT2D eigenvalue weighted by atomic mass is 32.1. The molecule has 7 heteroatoms. The second-order valence-corrected chi connectivity index (χ2v) is 7.76. The molecule has 0 radical (unpaired) electrons. The monoisotopic (exact) mass is 392 g/mol. The number of aromatic amines is 1. The average Bonchev–Trinajstić information content (AvgIpc) is 3.31. The Morgan fingerprint density at radius 1 is 1.25 bits per heavy atom. The number of carbonyl (C=O) groups excluding carboxylic acids is 1. The van der Waals surface area contributed by atoms with E-state index in [4.69, 9.17) is 0 Å². The zero-order valence-corrected chi connectivity index (χ0v) is 16.4. The normalized spacial score (nSPS) is 12.2. The molecule has 0 saturated carbocycles. The fraction of sp³-hybridized carbons (Fsp3) is 0.190. The zero-order valence-electron chi connectivity index (χ0n) is 15.6. The Bertz CT molecular complexity index is 1190. The minimum Gasteiger partial charge on any atom is -0.348 e. The number of hydrogen-bond acceptors (Lipinski definition) is 4. The number of H-pyrrole nitrogens is 1. The van der Waals surface area contributed by atoms with Gasteiger partial charge in [0.2, 0.25) is 5.91 Å². The van der Waals surface area contributed by atoms with Gasteiger partial charge in [-0.1, -0.05) is 35.9 Å². The summed E-state index contributed by atoms with van der Waals surface area (Å²) in [4.78, 5) is 30.5. The molecule has 0 aliphatic carbocycles. The van der Waals surface area contributed by atoms with Crippen molar-refractivity contribution in [2.45, 2.75) is 26.3 Å². The van der Waals surface area contributed by atoms with Crippen molar-refractivity contribution in [3.63, 3.8) is 0 Å². The van der Waals surface area contributed by atoms with E-state index < -0.39 is 0 Å². The van der Waals surface area contributed by atoms with Crippen molar-refractivity contribution in [2.75, 3.05) is 0 Å². The third-order valence-corrected chi connectivity index (χ3v) is 5.43. The number of fused-ring (bicyclic) bond motifs is 1. The number of amides is 1. The molecule has 1 unspecified atom stereocenters. The van der Waals surface area contributed by atoms with Crippen molar-refractivity contribution < 1.29 is 4.79 Å². The summed E-state index contributed by atoms with van der Waals surface area (Å²) in [5.74, 6) is -0.103. The van der Waals surface area contributed by atoms with E-state index in [1.54, 1.807) is 11.3 Å². The molecule has 0 aliphatic heterocycles. The summed E-state index contributed by atoms with van der Waals surface area (Å²) in [6, 6.07) is 14.7. The highest BCUT2D eigenvalue weighted by Crippen LogP contribution is 2.23. The number of aryl methyl sites for hydroxylation is 1. The molecule has 4 rings (SSSR count). The van der Waals surface area contributed by atoms with Crippen molar-refractivity contribution in [3.8, 4) is 10.6 Å². The molecule has 0 fully saturated rings. The maximum absolute atomic E-state index is 12.5. The first kappa shape index (κ1) is 18.2. The standard InChI is InChI=1S/C21H20N4O2S/c1-13-5-3-6-15(9-13)10-20(26)22-14(2)16-12-21(27)25-19(23-16)11-17(24-25)18-7-4-8-28-18/h3-9,11-12,14,24H,10H2,1-2H3,(H,22,26). The maximum Gasteiger partial charge on any atom is 0.272 e. The maximum atomic E-state index is 12.5. The Morgan fingerprint density at radius 2 is 2.11 bits per heavy atom. The van der Waals surface area contributed by atoms with Crippen LogP contribution in [0, 0.1) is 6.92 Å². The van der Waals surface area contributed by atoms with E-state index in [2.05, 4.69) is 15.4 Å². The minimum absolute atomic E-state index is 0.103. The van der Waals surface area contributed by atoms with Crippen molar-refractivity contribution in [3.05, 3.63) is 81.1 Å². The third kappa shape index (κ3) is 3.75. The van der Waals surface area contributed by atoms with E-state index in [9.17, 15) is 9.59 Å². The summed E-state index contributed by atoms with van der Waals surface area (Å²) in [6.45, 7) is 3.83. The molecule has 0 bridgehead atoms. The predicted octanol–water partition coefficient (Wildman–Crippen LogP) is 3.48. The molecule has 3 aromatic heterocycles. The Morgan fingerprint density at radius 3 is 2.86 bits per heavy atom.